The van der Waals surface area contributed by atoms with Crippen molar-refractivity contribution < 1.29 is 61.3 Å². The van der Waals surface area contributed by atoms with Gasteiger partial charge < -0.3 is 9.90 Å². The molecule has 4 heteroatoms. The Morgan fingerprint density at radius 3 is 2.50 bits per heavy atom. The molecule has 0 atom stereocenters. The summed E-state index contributed by atoms with van der Waals surface area (Å²) in [4.78, 5) is 14.1. The topological polar surface area (TPSA) is 53.0 Å². The van der Waals surface area contributed by atoms with E-state index in [1.807, 2.05) is 0 Å². The summed E-state index contributed by atoms with van der Waals surface area (Å²) in [5.41, 5.74) is 1.05. The fraction of sp³-hybridized carbons (Fsp3) is 0.400. The number of carboxylic acid groups (broad SMARTS) is 1. The van der Waals surface area contributed by atoms with Crippen molar-refractivity contribution >= 4 is 5.97 Å². The molecule has 0 saturated heterocycles. The summed E-state index contributed by atoms with van der Waals surface area (Å²) in [7, 11) is 0. The van der Waals surface area contributed by atoms with Crippen molar-refractivity contribution in [1.29, 1.82) is 0 Å². The Balaban J connectivity index is 0.00000169. The normalized spacial score (nSPS) is 9.64. The minimum Gasteiger partial charge on any atom is -0.543 e. The summed E-state index contributed by atoms with van der Waals surface area (Å²) in [6.45, 7) is 4.21. The van der Waals surface area contributed by atoms with Crippen molar-refractivity contribution in [2.24, 2.45) is 5.92 Å². The van der Waals surface area contributed by atoms with Gasteiger partial charge in [-0.05, 0) is 24.0 Å². The van der Waals surface area contributed by atoms with Gasteiger partial charge in [-0.15, -0.1) is 0 Å². The van der Waals surface area contributed by atoms with Crippen LogP contribution in [-0.4, -0.2) is 11.0 Å². The molecule has 1 rings (SSSR count). The van der Waals surface area contributed by atoms with E-state index in [-0.39, 0.29) is 57.1 Å². The van der Waals surface area contributed by atoms with E-state index in [1.165, 1.54) is 6.07 Å². The molecule has 0 aliphatic rings. The van der Waals surface area contributed by atoms with Gasteiger partial charge in [0.15, 0.2) is 0 Å². The summed E-state index contributed by atoms with van der Waals surface area (Å²) in [5.74, 6) is -0.674. The van der Waals surface area contributed by atoms with E-state index in [1.54, 1.807) is 12.3 Å². The van der Waals surface area contributed by atoms with Gasteiger partial charge in [0, 0.05) is 6.20 Å². The zero-order chi connectivity index (χ0) is 9.84. The van der Waals surface area contributed by atoms with Gasteiger partial charge in [-0.2, -0.15) is 0 Å². The number of rotatable bonds is 3. The van der Waals surface area contributed by atoms with Crippen molar-refractivity contribution in [3.05, 3.63) is 29.6 Å². The van der Waals surface area contributed by atoms with Crippen LogP contribution in [0.2, 0.25) is 0 Å². The number of pyridine rings is 1. The molecule has 0 aromatic carbocycles. The molecular weight excluding hydrogens is 205 g/mol. The van der Waals surface area contributed by atoms with Crippen LogP contribution in [-0.2, 0) is 6.42 Å². The maximum absolute atomic E-state index is 10.4. The van der Waals surface area contributed by atoms with Crippen LogP contribution in [0.1, 0.15) is 29.9 Å². The first-order chi connectivity index (χ1) is 6.09. The third-order valence-corrected chi connectivity index (χ3v) is 1.68. The van der Waals surface area contributed by atoms with Crippen LogP contribution in [0.15, 0.2) is 18.3 Å². The van der Waals surface area contributed by atoms with E-state index in [0.29, 0.717) is 5.92 Å². The first-order valence-electron chi connectivity index (χ1n) is 4.26. The Morgan fingerprint density at radius 2 is 2.14 bits per heavy atom. The van der Waals surface area contributed by atoms with Crippen LogP contribution in [0.5, 0.6) is 0 Å². The van der Waals surface area contributed by atoms with Crippen molar-refractivity contribution in [2.75, 3.05) is 0 Å². The number of nitrogens with zero attached hydrogens (tertiary/aromatic N) is 1. The number of carbonyl (C=O) groups excluding carboxylic acids is 1. The van der Waals surface area contributed by atoms with Gasteiger partial charge in [-0.3, -0.25) is 4.98 Å². The zero-order valence-corrected chi connectivity index (χ0v) is 11.9. The molecular formula is C10H12KNO2. The second kappa shape index (κ2) is 6.69. The van der Waals surface area contributed by atoms with Gasteiger partial charge in [0.05, 0.1) is 11.7 Å². The minimum atomic E-state index is -1.23. The third-order valence-electron chi connectivity index (χ3n) is 1.68. The maximum atomic E-state index is 10.4. The largest absolute Gasteiger partial charge is 1.00 e. The first-order valence-corrected chi connectivity index (χ1v) is 4.26. The smallest absolute Gasteiger partial charge is 0.543 e. The fourth-order valence-corrected chi connectivity index (χ4v) is 1.14. The Hall–Kier alpha value is 0.256. The van der Waals surface area contributed by atoms with Gasteiger partial charge >= 0.3 is 51.4 Å². The standard InChI is InChI=1S/C10H13NO2.K/c1-7(2)5-8-3-4-9(10(12)13)11-6-8;/h3-4,6-7H,5H2,1-2H3,(H,12,13);/q;+1/p-1. The van der Waals surface area contributed by atoms with Crippen molar-refractivity contribution in [2.45, 2.75) is 20.3 Å². The van der Waals surface area contributed by atoms with E-state index in [4.69, 9.17) is 0 Å². The molecule has 0 unspecified atom stereocenters. The van der Waals surface area contributed by atoms with Crippen LogP contribution < -0.4 is 56.5 Å². The molecule has 0 saturated carbocycles. The van der Waals surface area contributed by atoms with E-state index in [0.717, 1.165) is 12.0 Å². The predicted octanol–water partition coefficient (Wildman–Crippen LogP) is -2.35. The Labute approximate surface area is 126 Å². The molecule has 0 amide bonds. The molecule has 1 aromatic rings. The molecule has 0 bridgehead atoms. The molecule has 3 nitrogen and oxygen atoms in total. The number of aromatic carboxylic acids is 1. The van der Waals surface area contributed by atoms with Crippen molar-refractivity contribution in [3.63, 3.8) is 0 Å². The van der Waals surface area contributed by atoms with E-state index >= 15 is 0 Å². The molecule has 0 aliphatic carbocycles. The monoisotopic (exact) mass is 217 g/mol. The summed E-state index contributed by atoms with van der Waals surface area (Å²) in [5, 5.41) is 10.4. The van der Waals surface area contributed by atoms with Gasteiger partial charge in [0.25, 0.3) is 0 Å². The Bertz CT molecular complexity index is 295. The van der Waals surface area contributed by atoms with Crippen LogP contribution in [0.3, 0.4) is 0 Å². The SMILES string of the molecule is CC(C)Cc1ccc(C(=O)[O-])nc1.[K+]. The molecule has 1 heterocycles. The molecule has 0 fully saturated rings. The van der Waals surface area contributed by atoms with E-state index in [9.17, 15) is 9.90 Å². The number of hydrogen-bond acceptors (Lipinski definition) is 3. The molecule has 0 N–H and O–H groups in total. The number of carbonyl (C=O) groups is 1. The Morgan fingerprint density at radius 1 is 1.50 bits per heavy atom. The third kappa shape index (κ3) is 4.66. The molecule has 14 heavy (non-hydrogen) atoms. The molecule has 1 aromatic heterocycles. The Kier molecular flexibility index (Phi) is 6.81. The van der Waals surface area contributed by atoms with E-state index in [2.05, 4.69) is 18.8 Å². The van der Waals surface area contributed by atoms with Crippen molar-refractivity contribution in [3.8, 4) is 0 Å². The first kappa shape index (κ1) is 14.3. The molecule has 0 spiro atoms. The van der Waals surface area contributed by atoms with Gasteiger partial charge in [0.1, 0.15) is 0 Å². The van der Waals surface area contributed by atoms with Crippen molar-refractivity contribution in [1.82, 2.24) is 4.98 Å². The minimum absolute atomic E-state index is 0. The summed E-state index contributed by atoms with van der Waals surface area (Å²) in [6.07, 6.45) is 2.51. The summed E-state index contributed by atoms with van der Waals surface area (Å²) in [6, 6.07) is 3.26. The summed E-state index contributed by atoms with van der Waals surface area (Å²) >= 11 is 0. The summed E-state index contributed by atoms with van der Waals surface area (Å²) < 4.78 is 0. The fourth-order valence-electron chi connectivity index (χ4n) is 1.14. The van der Waals surface area contributed by atoms with Crippen LogP contribution >= 0.6 is 0 Å². The average molecular weight is 217 g/mol. The quantitative estimate of drug-likeness (QED) is 0.533. The second-order valence-electron chi connectivity index (χ2n) is 3.44. The van der Waals surface area contributed by atoms with Gasteiger partial charge in [0.2, 0.25) is 0 Å². The maximum Gasteiger partial charge on any atom is 1.00 e. The number of aromatic nitrogens is 1. The average Bonchev–Trinajstić information content (AvgIpc) is 2.04. The van der Waals surface area contributed by atoms with Crippen LogP contribution in [0.4, 0.5) is 0 Å². The van der Waals surface area contributed by atoms with Gasteiger partial charge in [-0.1, -0.05) is 19.9 Å². The van der Waals surface area contributed by atoms with E-state index < -0.39 is 5.97 Å². The number of carboxylic acids is 1. The molecule has 70 valence electrons. The van der Waals surface area contributed by atoms with Crippen LogP contribution in [0, 0.1) is 5.92 Å². The second-order valence-corrected chi connectivity index (χ2v) is 3.44. The zero-order valence-electron chi connectivity index (χ0n) is 8.78. The molecule has 0 radical (unpaired) electrons. The molecule has 0 aliphatic heterocycles. The number of hydrogen-bond donors (Lipinski definition) is 0. The van der Waals surface area contributed by atoms with Crippen LogP contribution in [0.25, 0.3) is 0 Å². The van der Waals surface area contributed by atoms with Gasteiger partial charge in [-0.25, -0.2) is 0 Å². The predicted molar refractivity (Wildman–Crippen MR) is 47.1 cm³/mol.